The highest BCUT2D eigenvalue weighted by atomic mass is 16.3. The number of aryl methyl sites for hydroxylation is 2. The monoisotopic (exact) mass is 337 g/mol. The predicted octanol–water partition coefficient (Wildman–Crippen LogP) is 3.72. The average Bonchev–Trinajstić information content (AvgIpc) is 3.21. The third kappa shape index (κ3) is 3.06. The topological polar surface area (TPSA) is 62.1 Å². The molecule has 1 aromatic carbocycles. The van der Waals surface area contributed by atoms with Gasteiger partial charge in [0.1, 0.15) is 5.58 Å². The zero-order valence-electron chi connectivity index (χ0n) is 14.7. The van der Waals surface area contributed by atoms with Gasteiger partial charge >= 0.3 is 0 Å². The molecule has 1 aliphatic heterocycles. The number of piperidine rings is 1. The molecular weight excluding hydrogens is 314 g/mol. The number of fused-ring (bicyclic) bond motifs is 1. The van der Waals surface area contributed by atoms with Crippen molar-refractivity contribution < 1.29 is 9.21 Å². The van der Waals surface area contributed by atoms with Crippen molar-refractivity contribution in [3.63, 3.8) is 0 Å². The summed E-state index contributed by atoms with van der Waals surface area (Å²) in [7, 11) is 0. The van der Waals surface area contributed by atoms with Gasteiger partial charge in [0, 0.05) is 35.7 Å². The lowest BCUT2D eigenvalue weighted by Gasteiger charge is -2.32. The number of rotatable bonds is 3. The molecule has 4 rings (SSSR count). The van der Waals surface area contributed by atoms with Crippen LogP contribution in [0.1, 0.15) is 41.1 Å². The van der Waals surface area contributed by atoms with E-state index in [1.165, 1.54) is 11.3 Å². The van der Waals surface area contributed by atoms with Crippen molar-refractivity contribution >= 4 is 16.9 Å². The average molecular weight is 337 g/mol. The van der Waals surface area contributed by atoms with Crippen LogP contribution in [-0.2, 0) is 11.2 Å². The first-order chi connectivity index (χ1) is 12.1. The molecule has 5 nitrogen and oxygen atoms in total. The second kappa shape index (κ2) is 6.39. The first-order valence-electron chi connectivity index (χ1n) is 8.86. The van der Waals surface area contributed by atoms with Gasteiger partial charge in [-0.25, -0.2) is 0 Å². The van der Waals surface area contributed by atoms with E-state index < -0.39 is 0 Å². The minimum absolute atomic E-state index is 0.171. The van der Waals surface area contributed by atoms with E-state index in [2.05, 4.69) is 23.2 Å². The van der Waals surface area contributed by atoms with Gasteiger partial charge in [-0.15, -0.1) is 0 Å². The molecule has 1 atom stereocenters. The number of aromatic amines is 1. The third-order valence-electron chi connectivity index (χ3n) is 5.20. The minimum atomic E-state index is 0.171. The molecule has 0 aliphatic carbocycles. The van der Waals surface area contributed by atoms with Crippen LogP contribution in [0.15, 0.2) is 35.1 Å². The molecule has 0 bridgehead atoms. The fourth-order valence-electron chi connectivity index (χ4n) is 3.81. The zero-order chi connectivity index (χ0) is 17.4. The maximum absolute atomic E-state index is 12.8. The molecule has 0 radical (unpaired) electrons. The Labute approximate surface area is 147 Å². The van der Waals surface area contributed by atoms with Crippen molar-refractivity contribution in [2.45, 2.75) is 39.0 Å². The lowest BCUT2D eigenvalue weighted by Crippen LogP contribution is -2.40. The lowest BCUT2D eigenvalue weighted by atomic mass is 9.92. The van der Waals surface area contributed by atoms with Crippen molar-refractivity contribution in [1.82, 2.24) is 15.1 Å². The Hall–Kier alpha value is -2.56. The number of furan rings is 1. The van der Waals surface area contributed by atoms with Crippen LogP contribution in [0, 0.1) is 13.8 Å². The van der Waals surface area contributed by atoms with Gasteiger partial charge in [-0.2, -0.15) is 5.10 Å². The highest BCUT2D eigenvalue weighted by molar-refractivity contribution is 5.88. The molecule has 1 fully saturated rings. The molecule has 1 amide bonds. The van der Waals surface area contributed by atoms with E-state index in [1.54, 1.807) is 6.26 Å². The molecule has 3 heterocycles. The molecule has 5 heteroatoms. The number of amides is 1. The van der Waals surface area contributed by atoms with E-state index in [0.717, 1.165) is 48.0 Å². The minimum Gasteiger partial charge on any atom is -0.464 e. The summed E-state index contributed by atoms with van der Waals surface area (Å²) in [5, 5.41) is 8.27. The second-order valence-corrected chi connectivity index (χ2v) is 7.08. The largest absolute Gasteiger partial charge is 0.464 e. The molecule has 2 aromatic heterocycles. The number of aromatic nitrogens is 2. The highest BCUT2D eigenvalue weighted by Gasteiger charge is 2.27. The summed E-state index contributed by atoms with van der Waals surface area (Å²) >= 11 is 0. The molecule has 0 spiro atoms. The number of hydrogen-bond donors (Lipinski definition) is 1. The van der Waals surface area contributed by atoms with E-state index in [-0.39, 0.29) is 5.91 Å². The number of carbonyl (C=O) groups is 1. The number of likely N-dealkylation sites (tertiary alicyclic amines) is 1. The Morgan fingerprint density at radius 3 is 3.08 bits per heavy atom. The maximum Gasteiger partial charge on any atom is 0.227 e. The van der Waals surface area contributed by atoms with Crippen molar-refractivity contribution in [1.29, 1.82) is 0 Å². The molecule has 3 aromatic rings. The van der Waals surface area contributed by atoms with Crippen LogP contribution < -0.4 is 0 Å². The molecule has 1 aliphatic rings. The van der Waals surface area contributed by atoms with Crippen LogP contribution in [0.2, 0.25) is 0 Å². The van der Waals surface area contributed by atoms with Crippen LogP contribution >= 0.6 is 0 Å². The van der Waals surface area contributed by atoms with E-state index in [0.29, 0.717) is 12.3 Å². The SMILES string of the molecule is Cc1ccc2c(CC(=O)N3CCC[C@@H](c4[nH]ncc4C)C3)coc2c1. The quantitative estimate of drug-likeness (QED) is 0.792. The van der Waals surface area contributed by atoms with Crippen molar-refractivity contribution in [3.05, 3.63) is 53.0 Å². The van der Waals surface area contributed by atoms with Crippen molar-refractivity contribution in [2.75, 3.05) is 13.1 Å². The van der Waals surface area contributed by atoms with Gasteiger partial charge in [0.25, 0.3) is 0 Å². The van der Waals surface area contributed by atoms with Gasteiger partial charge < -0.3 is 9.32 Å². The van der Waals surface area contributed by atoms with Crippen molar-refractivity contribution in [2.24, 2.45) is 0 Å². The Bertz CT molecular complexity index is 909. The van der Waals surface area contributed by atoms with Crippen LogP contribution in [-0.4, -0.2) is 34.1 Å². The molecule has 1 saturated heterocycles. The molecule has 25 heavy (non-hydrogen) atoms. The van der Waals surface area contributed by atoms with E-state index in [9.17, 15) is 4.79 Å². The Morgan fingerprint density at radius 2 is 2.28 bits per heavy atom. The molecule has 1 N–H and O–H groups in total. The van der Waals surface area contributed by atoms with Crippen LogP contribution in [0.4, 0.5) is 0 Å². The number of H-pyrrole nitrogens is 1. The number of benzene rings is 1. The van der Waals surface area contributed by atoms with Crippen molar-refractivity contribution in [3.8, 4) is 0 Å². The number of hydrogen-bond acceptors (Lipinski definition) is 3. The van der Waals surface area contributed by atoms with Gasteiger partial charge in [0.2, 0.25) is 5.91 Å². The van der Waals surface area contributed by atoms with Crippen LogP contribution in [0.3, 0.4) is 0 Å². The fraction of sp³-hybridized carbons (Fsp3) is 0.400. The summed E-state index contributed by atoms with van der Waals surface area (Å²) in [4.78, 5) is 14.8. The first kappa shape index (κ1) is 15.9. The third-order valence-corrected chi connectivity index (χ3v) is 5.20. The van der Waals surface area contributed by atoms with E-state index in [1.807, 2.05) is 30.2 Å². The number of nitrogens with zero attached hydrogens (tertiary/aromatic N) is 2. The molecule has 0 unspecified atom stereocenters. The Morgan fingerprint density at radius 1 is 1.40 bits per heavy atom. The van der Waals surface area contributed by atoms with Crippen LogP contribution in [0.25, 0.3) is 11.0 Å². The summed E-state index contributed by atoms with van der Waals surface area (Å²) in [6.07, 6.45) is 6.10. The molecule has 130 valence electrons. The summed E-state index contributed by atoms with van der Waals surface area (Å²) in [5.41, 5.74) is 5.33. The fourth-order valence-corrected chi connectivity index (χ4v) is 3.81. The standard InChI is InChI=1S/C20H23N3O2/c1-13-5-6-17-16(12-25-18(17)8-13)9-19(24)23-7-3-4-15(11-23)20-14(2)10-21-22-20/h5-6,8,10,12,15H,3-4,7,9,11H2,1-2H3,(H,21,22)/t15-/m1/s1. The predicted molar refractivity (Wildman–Crippen MR) is 96.5 cm³/mol. The number of nitrogens with one attached hydrogen (secondary N) is 1. The summed E-state index contributed by atoms with van der Waals surface area (Å²) in [6.45, 7) is 5.70. The highest BCUT2D eigenvalue weighted by Crippen LogP contribution is 2.28. The Kier molecular flexibility index (Phi) is 4.07. The summed E-state index contributed by atoms with van der Waals surface area (Å²) in [5.74, 6) is 0.522. The first-order valence-corrected chi connectivity index (χ1v) is 8.86. The zero-order valence-corrected chi connectivity index (χ0v) is 14.7. The van der Waals surface area contributed by atoms with E-state index in [4.69, 9.17) is 4.42 Å². The van der Waals surface area contributed by atoms with Gasteiger partial charge in [-0.05, 0) is 43.9 Å². The van der Waals surface area contributed by atoms with Gasteiger partial charge in [0.05, 0.1) is 18.9 Å². The van der Waals surface area contributed by atoms with Gasteiger partial charge in [0.15, 0.2) is 0 Å². The second-order valence-electron chi connectivity index (χ2n) is 7.08. The van der Waals surface area contributed by atoms with E-state index >= 15 is 0 Å². The van der Waals surface area contributed by atoms with Gasteiger partial charge in [-0.1, -0.05) is 12.1 Å². The molecular formula is C20H23N3O2. The Balaban J connectivity index is 1.49. The lowest BCUT2D eigenvalue weighted by molar-refractivity contribution is -0.131. The van der Waals surface area contributed by atoms with Crippen LogP contribution in [0.5, 0.6) is 0 Å². The molecule has 0 saturated carbocycles. The smallest absolute Gasteiger partial charge is 0.227 e. The van der Waals surface area contributed by atoms with Gasteiger partial charge in [-0.3, -0.25) is 9.89 Å². The normalized spacial score (nSPS) is 18.0. The number of carbonyl (C=O) groups excluding carboxylic acids is 1. The summed E-state index contributed by atoms with van der Waals surface area (Å²) < 4.78 is 5.63. The summed E-state index contributed by atoms with van der Waals surface area (Å²) in [6, 6.07) is 6.12. The maximum atomic E-state index is 12.8.